The van der Waals surface area contributed by atoms with Gasteiger partial charge < -0.3 is 14.8 Å². The van der Waals surface area contributed by atoms with Crippen molar-refractivity contribution in [2.45, 2.75) is 0 Å². The molecule has 7 heteroatoms. The molecule has 29 heavy (non-hydrogen) atoms. The van der Waals surface area contributed by atoms with E-state index in [1.54, 1.807) is 59.7 Å². The van der Waals surface area contributed by atoms with E-state index in [2.05, 4.69) is 15.4 Å². The van der Waals surface area contributed by atoms with Crippen molar-refractivity contribution in [2.75, 3.05) is 12.4 Å². The number of ether oxygens (including phenoxy) is 2. The summed E-state index contributed by atoms with van der Waals surface area (Å²) in [5.41, 5.74) is 1.66. The van der Waals surface area contributed by atoms with E-state index >= 15 is 0 Å². The summed E-state index contributed by atoms with van der Waals surface area (Å²) in [5.74, 6) is 1.37. The molecule has 2 aromatic heterocycles. The third kappa shape index (κ3) is 4.24. The number of amides is 1. The lowest BCUT2D eigenvalue weighted by atomic mass is 10.3. The molecule has 4 rings (SSSR count). The first kappa shape index (κ1) is 18.2. The maximum atomic E-state index is 12.7. The summed E-state index contributed by atoms with van der Waals surface area (Å²) in [6.45, 7) is 0. The number of hydrogen-bond acceptors (Lipinski definition) is 5. The van der Waals surface area contributed by atoms with E-state index in [-0.39, 0.29) is 11.6 Å². The third-order valence-electron chi connectivity index (χ3n) is 4.13. The SMILES string of the molecule is COc1cn(-c2ccccc2)nc1C(=O)Nc1ccc(Oc2ccncc2)cc1. The summed E-state index contributed by atoms with van der Waals surface area (Å²) < 4.78 is 12.7. The second-order valence-electron chi connectivity index (χ2n) is 6.09. The fourth-order valence-electron chi connectivity index (χ4n) is 2.72. The molecule has 1 amide bonds. The van der Waals surface area contributed by atoms with Gasteiger partial charge in [0.25, 0.3) is 5.91 Å². The number of anilines is 1. The van der Waals surface area contributed by atoms with Crippen molar-refractivity contribution in [1.82, 2.24) is 14.8 Å². The summed E-state index contributed by atoms with van der Waals surface area (Å²) in [4.78, 5) is 16.7. The molecular formula is C22H18N4O3. The zero-order valence-electron chi connectivity index (χ0n) is 15.6. The van der Waals surface area contributed by atoms with Gasteiger partial charge in [-0.3, -0.25) is 9.78 Å². The van der Waals surface area contributed by atoms with Crippen LogP contribution < -0.4 is 14.8 Å². The van der Waals surface area contributed by atoms with Crippen molar-refractivity contribution < 1.29 is 14.3 Å². The van der Waals surface area contributed by atoms with E-state index in [1.807, 2.05) is 30.3 Å². The van der Waals surface area contributed by atoms with Gasteiger partial charge in [0.15, 0.2) is 11.4 Å². The van der Waals surface area contributed by atoms with Crippen LogP contribution in [0.25, 0.3) is 5.69 Å². The molecule has 0 bridgehead atoms. The highest BCUT2D eigenvalue weighted by atomic mass is 16.5. The first-order valence-electron chi connectivity index (χ1n) is 8.91. The fraction of sp³-hybridized carbons (Fsp3) is 0.0455. The second-order valence-corrected chi connectivity index (χ2v) is 6.09. The Morgan fingerprint density at radius 3 is 2.31 bits per heavy atom. The van der Waals surface area contributed by atoms with E-state index in [1.165, 1.54) is 7.11 Å². The zero-order valence-corrected chi connectivity index (χ0v) is 15.6. The van der Waals surface area contributed by atoms with Gasteiger partial charge in [-0.1, -0.05) is 18.2 Å². The van der Waals surface area contributed by atoms with Gasteiger partial charge in [-0.05, 0) is 48.5 Å². The molecule has 0 aliphatic carbocycles. The molecule has 7 nitrogen and oxygen atoms in total. The molecule has 0 aliphatic heterocycles. The number of pyridine rings is 1. The van der Waals surface area contributed by atoms with Gasteiger partial charge in [0.2, 0.25) is 0 Å². The molecule has 0 unspecified atom stereocenters. The number of benzene rings is 2. The quantitative estimate of drug-likeness (QED) is 0.534. The molecule has 0 atom stereocenters. The maximum Gasteiger partial charge on any atom is 0.280 e. The Morgan fingerprint density at radius 1 is 0.931 bits per heavy atom. The molecular weight excluding hydrogens is 368 g/mol. The van der Waals surface area contributed by atoms with Crippen LogP contribution in [-0.4, -0.2) is 27.8 Å². The summed E-state index contributed by atoms with van der Waals surface area (Å²) >= 11 is 0. The Labute approximate surface area is 167 Å². The van der Waals surface area contributed by atoms with Crippen LogP contribution in [0.1, 0.15) is 10.5 Å². The number of carbonyl (C=O) groups is 1. The topological polar surface area (TPSA) is 78.3 Å². The van der Waals surface area contributed by atoms with Crippen LogP contribution in [-0.2, 0) is 0 Å². The molecule has 2 aromatic carbocycles. The lowest BCUT2D eigenvalue weighted by Gasteiger charge is -2.07. The van der Waals surface area contributed by atoms with E-state index in [0.29, 0.717) is 22.9 Å². The minimum absolute atomic E-state index is 0.202. The summed E-state index contributed by atoms with van der Waals surface area (Å²) in [6, 6.07) is 20.1. The number of carbonyl (C=O) groups excluding carboxylic acids is 1. The van der Waals surface area contributed by atoms with Gasteiger partial charge in [-0.25, -0.2) is 4.68 Å². The van der Waals surface area contributed by atoms with E-state index in [4.69, 9.17) is 9.47 Å². The van der Waals surface area contributed by atoms with Crippen molar-refractivity contribution in [3.05, 3.63) is 91.0 Å². The average Bonchev–Trinajstić information content (AvgIpc) is 3.21. The molecule has 0 fully saturated rings. The highest BCUT2D eigenvalue weighted by molar-refractivity contribution is 6.04. The van der Waals surface area contributed by atoms with Crippen molar-refractivity contribution in [2.24, 2.45) is 0 Å². The van der Waals surface area contributed by atoms with Crippen molar-refractivity contribution >= 4 is 11.6 Å². The second kappa shape index (κ2) is 8.26. The van der Waals surface area contributed by atoms with Crippen molar-refractivity contribution in [3.63, 3.8) is 0 Å². The van der Waals surface area contributed by atoms with Crippen LogP contribution in [0, 0.1) is 0 Å². The van der Waals surface area contributed by atoms with Crippen LogP contribution in [0.2, 0.25) is 0 Å². The average molecular weight is 386 g/mol. The van der Waals surface area contributed by atoms with Gasteiger partial charge >= 0.3 is 0 Å². The Bertz CT molecular complexity index is 1090. The molecule has 0 radical (unpaired) electrons. The van der Waals surface area contributed by atoms with Gasteiger partial charge in [0.05, 0.1) is 19.0 Å². The van der Waals surface area contributed by atoms with Gasteiger partial charge in [0.1, 0.15) is 11.5 Å². The van der Waals surface area contributed by atoms with Crippen LogP contribution in [0.4, 0.5) is 5.69 Å². The molecule has 4 aromatic rings. The lowest BCUT2D eigenvalue weighted by Crippen LogP contribution is -2.14. The predicted molar refractivity (Wildman–Crippen MR) is 109 cm³/mol. The predicted octanol–water partition coefficient (Wildman–Crippen LogP) is 4.32. The van der Waals surface area contributed by atoms with Crippen LogP contribution in [0.5, 0.6) is 17.2 Å². The number of nitrogens with zero attached hydrogens (tertiary/aromatic N) is 3. The standard InChI is InChI=1S/C22H18N4O3/c1-28-20-15-26(17-5-3-2-4-6-17)25-21(20)22(27)24-16-7-9-18(10-8-16)29-19-11-13-23-14-12-19/h2-15H,1H3,(H,24,27). The Kier molecular flexibility index (Phi) is 5.20. The number of hydrogen-bond donors (Lipinski definition) is 1. The van der Waals surface area contributed by atoms with Gasteiger partial charge in [0, 0.05) is 18.1 Å². The molecule has 2 heterocycles. The van der Waals surface area contributed by atoms with Crippen molar-refractivity contribution in [3.8, 4) is 22.9 Å². The summed E-state index contributed by atoms with van der Waals surface area (Å²) in [7, 11) is 1.51. The lowest BCUT2D eigenvalue weighted by molar-refractivity contribution is 0.101. The van der Waals surface area contributed by atoms with E-state index in [0.717, 1.165) is 5.69 Å². The normalized spacial score (nSPS) is 10.4. The number of rotatable bonds is 6. The first-order valence-corrected chi connectivity index (χ1v) is 8.91. The molecule has 144 valence electrons. The van der Waals surface area contributed by atoms with E-state index < -0.39 is 0 Å². The van der Waals surface area contributed by atoms with Crippen LogP contribution >= 0.6 is 0 Å². The Morgan fingerprint density at radius 2 is 1.62 bits per heavy atom. The minimum Gasteiger partial charge on any atom is -0.493 e. The largest absolute Gasteiger partial charge is 0.493 e. The van der Waals surface area contributed by atoms with E-state index in [9.17, 15) is 4.79 Å². The van der Waals surface area contributed by atoms with Gasteiger partial charge in [-0.2, -0.15) is 5.10 Å². The van der Waals surface area contributed by atoms with Gasteiger partial charge in [-0.15, -0.1) is 0 Å². The number of aromatic nitrogens is 3. The molecule has 0 saturated carbocycles. The number of methoxy groups -OCH3 is 1. The zero-order chi connectivity index (χ0) is 20.1. The molecule has 1 N–H and O–H groups in total. The third-order valence-corrected chi connectivity index (χ3v) is 4.13. The van der Waals surface area contributed by atoms with Crippen LogP contribution in [0.15, 0.2) is 85.3 Å². The fourth-order valence-corrected chi connectivity index (χ4v) is 2.72. The Hall–Kier alpha value is -4.13. The molecule has 0 saturated heterocycles. The minimum atomic E-state index is -0.362. The smallest absolute Gasteiger partial charge is 0.280 e. The highest BCUT2D eigenvalue weighted by Crippen LogP contribution is 2.24. The van der Waals surface area contributed by atoms with Crippen molar-refractivity contribution in [1.29, 1.82) is 0 Å². The first-order chi connectivity index (χ1) is 14.2. The number of para-hydroxylation sites is 1. The van der Waals surface area contributed by atoms with Crippen LogP contribution in [0.3, 0.4) is 0 Å². The highest BCUT2D eigenvalue weighted by Gasteiger charge is 2.18. The number of nitrogens with one attached hydrogen (secondary N) is 1. The monoisotopic (exact) mass is 386 g/mol. The molecule has 0 spiro atoms. The Balaban J connectivity index is 1.48. The summed E-state index contributed by atoms with van der Waals surface area (Å²) in [5, 5.41) is 7.20. The maximum absolute atomic E-state index is 12.7. The molecule has 0 aliphatic rings. The summed E-state index contributed by atoms with van der Waals surface area (Å²) in [6.07, 6.45) is 4.99.